The molecule has 2 rings (SSSR count). The van der Waals surface area contributed by atoms with Gasteiger partial charge in [-0.2, -0.15) is 0 Å². The second-order valence-electron chi connectivity index (χ2n) is 3.88. The van der Waals surface area contributed by atoms with E-state index in [1.807, 2.05) is 30.3 Å². The Morgan fingerprint density at radius 1 is 1.05 bits per heavy atom. The highest BCUT2D eigenvalue weighted by Gasteiger charge is 2.07. The van der Waals surface area contributed by atoms with Crippen molar-refractivity contribution in [1.82, 2.24) is 0 Å². The van der Waals surface area contributed by atoms with Gasteiger partial charge in [-0.3, -0.25) is 4.79 Å². The molecule has 0 aliphatic carbocycles. The number of carbonyl (C=O) groups is 1. The summed E-state index contributed by atoms with van der Waals surface area (Å²) in [6.07, 6.45) is 0. The number of ketones is 1. The Morgan fingerprint density at radius 3 is 2.26 bits per heavy atom. The summed E-state index contributed by atoms with van der Waals surface area (Å²) in [5.74, 6) is 0.0398. The molecule has 0 bridgehead atoms. The van der Waals surface area contributed by atoms with Crippen LogP contribution in [0, 0.1) is 0 Å². The van der Waals surface area contributed by atoms with Gasteiger partial charge < -0.3 is 0 Å². The van der Waals surface area contributed by atoms with Gasteiger partial charge in [0.15, 0.2) is 5.78 Å². The van der Waals surface area contributed by atoms with Crippen molar-refractivity contribution in [1.29, 1.82) is 0 Å². The van der Waals surface area contributed by atoms with Gasteiger partial charge in [-0.15, -0.1) is 0 Å². The molecule has 0 unspecified atom stereocenters. The van der Waals surface area contributed by atoms with E-state index in [0.717, 1.165) is 14.3 Å². The summed E-state index contributed by atoms with van der Waals surface area (Å²) in [5, 5.41) is 1.07. The molecule has 0 aliphatic rings. The van der Waals surface area contributed by atoms with E-state index in [9.17, 15) is 4.79 Å². The fourth-order valence-electron chi connectivity index (χ4n) is 1.52. The molecule has 0 N–H and O–H groups in total. The van der Waals surface area contributed by atoms with Crippen LogP contribution in [-0.4, -0.2) is 5.78 Å². The molecule has 0 aromatic heterocycles. The highest BCUT2D eigenvalue weighted by atomic mass is 79.9. The van der Waals surface area contributed by atoms with Crippen LogP contribution in [0.4, 0.5) is 0 Å². The highest BCUT2D eigenvalue weighted by molar-refractivity contribution is 9.10. The van der Waals surface area contributed by atoms with E-state index in [4.69, 9.17) is 23.2 Å². The first kappa shape index (κ1) is 14.9. The zero-order chi connectivity index (χ0) is 14.0. The molecular weight excluding hydrogens is 367 g/mol. The molecule has 0 amide bonds. The average molecular weight is 376 g/mol. The molecule has 2 aromatic rings. The van der Waals surface area contributed by atoms with E-state index in [1.54, 1.807) is 24.8 Å². The number of carbonyl (C=O) groups excluding carboxylic acids is 1. The third kappa shape index (κ3) is 3.76. The van der Waals surface area contributed by atoms with Crippen molar-refractivity contribution in [2.75, 3.05) is 0 Å². The van der Waals surface area contributed by atoms with Gasteiger partial charge in [-0.25, -0.2) is 0 Å². The van der Waals surface area contributed by atoms with Crippen molar-refractivity contribution in [3.8, 4) is 0 Å². The molecule has 0 saturated carbocycles. The van der Waals surface area contributed by atoms with Crippen molar-refractivity contribution >= 4 is 56.7 Å². The Balaban J connectivity index is 2.26. The predicted octanol–water partition coefficient (Wildman–Crippen LogP) is 6.11. The lowest BCUT2D eigenvalue weighted by atomic mass is 10.2. The van der Waals surface area contributed by atoms with Crippen LogP contribution < -0.4 is 0 Å². The van der Waals surface area contributed by atoms with Crippen molar-refractivity contribution < 1.29 is 4.79 Å². The maximum Gasteiger partial charge on any atom is 0.160 e. The maximum absolute atomic E-state index is 11.3. The largest absolute Gasteiger partial charge is 0.294 e. The van der Waals surface area contributed by atoms with E-state index in [1.165, 1.54) is 0 Å². The first-order valence-corrected chi connectivity index (χ1v) is 7.77. The fourth-order valence-corrected chi connectivity index (χ4v) is 3.59. The third-order valence-corrected chi connectivity index (χ3v) is 4.82. The summed E-state index contributed by atoms with van der Waals surface area (Å²) < 4.78 is 0.796. The lowest BCUT2D eigenvalue weighted by molar-refractivity contribution is 0.101. The zero-order valence-corrected chi connectivity index (χ0v) is 13.8. The van der Waals surface area contributed by atoms with Crippen molar-refractivity contribution in [3.05, 3.63) is 56.5 Å². The first-order chi connectivity index (χ1) is 8.97. The van der Waals surface area contributed by atoms with E-state index in [2.05, 4.69) is 15.9 Å². The van der Waals surface area contributed by atoms with Gasteiger partial charge in [-0.1, -0.05) is 50.9 Å². The Morgan fingerprint density at radius 2 is 1.68 bits per heavy atom. The van der Waals surface area contributed by atoms with Crippen LogP contribution >= 0.6 is 50.9 Å². The smallest absolute Gasteiger partial charge is 0.160 e. The topological polar surface area (TPSA) is 17.1 Å². The van der Waals surface area contributed by atoms with Crippen LogP contribution in [0.15, 0.2) is 50.7 Å². The number of rotatable bonds is 3. The maximum atomic E-state index is 11.3. The summed E-state index contributed by atoms with van der Waals surface area (Å²) in [4.78, 5) is 13.4. The quantitative estimate of drug-likeness (QED) is 0.602. The molecule has 5 heteroatoms. The summed E-state index contributed by atoms with van der Waals surface area (Å²) >= 11 is 16.8. The van der Waals surface area contributed by atoms with E-state index >= 15 is 0 Å². The molecule has 98 valence electrons. The van der Waals surface area contributed by atoms with Gasteiger partial charge in [0.25, 0.3) is 0 Å². The van der Waals surface area contributed by atoms with Crippen LogP contribution in [-0.2, 0) is 0 Å². The molecular formula is C14H9BrCl2OS. The molecule has 0 heterocycles. The number of hydrogen-bond acceptors (Lipinski definition) is 2. The SMILES string of the molecule is CC(=O)c1ccc(Sc2ccc(Cl)c(Cl)c2)cc1Br. The zero-order valence-electron chi connectivity index (χ0n) is 9.91. The van der Waals surface area contributed by atoms with Crippen molar-refractivity contribution in [2.45, 2.75) is 16.7 Å². The summed E-state index contributed by atoms with van der Waals surface area (Å²) in [6, 6.07) is 11.1. The van der Waals surface area contributed by atoms with Gasteiger partial charge in [0.2, 0.25) is 0 Å². The Bertz CT molecular complexity index is 643. The van der Waals surface area contributed by atoms with Crippen LogP contribution in [0.3, 0.4) is 0 Å². The summed E-state index contributed by atoms with van der Waals surface area (Å²) in [6.45, 7) is 1.55. The van der Waals surface area contributed by atoms with Crippen LogP contribution in [0.1, 0.15) is 17.3 Å². The van der Waals surface area contributed by atoms with Crippen LogP contribution in [0.5, 0.6) is 0 Å². The molecule has 0 radical (unpaired) electrons. The lowest BCUT2D eigenvalue weighted by Crippen LogP contribution is -1.93. The van der Waals surface area contributed by atoms with Crippen LogP contribution in [0.25, 0.3) is 0 Å². The van der Waals surface area contributed by atoms with Crippen molar-refractivity contribution in [2.24, 2.45) is 0 Å². The molecule has 0 fully saturated rings. The Kier molecular flexibility index (Phi) is 4.96. The summed E-state index contributed by atoms with van der Waals surface area (Å²) in [5.41, 5.74) is 0.679. The van der Waals surface area contributed by atoms with E-state index in [-0.39, 0.29) is 5.78 Å². The number of benzene rings is 2. The van der Waals surface area contributed by atoms with Crippen LogP contribution in [0.2, 0.25) is 10.0 Å². The number of halogens is 3. The Labute approximate surface area is 134 Å². The lowest BCUT2D eigenvalue weighted by Gasteiger charge is -2.06. The minimum Gasteiger partial charge on any atom is -0.294 e. The predicted molar refractivity (Wildman–Crippen MR) is 84.7 cm³/mol. The van der Waals surface area contributed by atoms with E-state index in [0.29, 0.717) is 15.6 Å². The highest BCUT2D eigenvalue weighted by Crippen LogP contribution is 2.34. The second-order valence-corrected chi connectivity index (χ2v) is 6.69. The van der Waals surface area contributed by atoms with E-state index < -0.39 is 0 Å². The molecule has 0 aliphatic heterocycles. The number of hydrogen-bond donors (Lipinski definition) is 0. The van der Waals surface area contributed by atoms with Gasteiger partial charge >= 0.3 is 0 Å². The normalized spacial score (nSPS) is 10.5. The average Bonchev–Trinajstić information content (AvgIpc) is 2.33. The fraction of sp³-hybridized carbons (Fsp3) is 0.0714. The third-order valence-electron chi connectivity index (χ3n) is 2.45. The first-order valence-electron chi connectivity index (χ1n) is 5.41. The Hall–Kier alpha value is -0.480. The molecule has 0 atom stereocenters. The van der Waals surface area contributed by atoms with Gasteiger partial charge in [0.05, 0.1) is 10.0 Å². The van der Waals surface area contributed by atoms with Crippen molar-refractivity contribution in [3.63, 3.8) is 0 Å². The van der Waals surface area contributed by atoms with Gasteiger partial charge in [-0.05, 0) is 43.3 Å². The minimum atomic E-state index is 0.0398. The standard InChI is InChI=1S/C14H9BrCl2OS/c1-8(18)11-4-2-9(6-12(11)15)19-10-3-5-13(16)14(17)7-10/h2-7H,1H3. The molecule has 1 nitrogen and oxygen atoms in total. The van der Waals surface area contributed by atoms with Gasteiger partial charge in [0, 0.05) is 19.8 Å². The molecule has 0 spiro atoms. The number of Topliss-reactive ketones (excluding diaryl/α,β-unsaturated/α-hetero) is 1. The molecule has 0 saturated heterocycles. The van der Waals surface area contributed by atoms with Gasteiger partial charge in [0.1, 0.15) is 0 Å². The monoisotopic (exact) mass is 374 g/mol. The molecule has 2 aromatic carbocycles. The minimum absolute atomic E-state index is 0.0398. The molecule has 19 heavy (non-hydrogen) atoms. The summed E-state index contributed by atoms with van der Waals surface area (Å²) in [7, 11) is 0. The second kappa shape index (κ2) is 6.31.